The average molecular weight is 341 g/mol. The first-order valence-electron chi connectivity index (χ1n) is 6.54. The molecule has 1 heterocycles. The van der Waals surface area contributed by atoms with Gasteiger partial charge in [0.2, 0.25) is 5.91 Å². The number of hydrogen-bond acceptors (Lipinski definition) is 4. The molecule has 6 heteroatoms. The molecule has 5 nitrogen and oxygen atoms in total. The molecule has 1 amide bonds. The summed E-state index contributed by atoms with van der Waals surface area (Å²) in [5.74, 6) is -0.388. The molecule has 108 valence electrons. The quantitative estimate of drug-likeness (QED) is 0.843. The molecular weight excluding hydrogens is 324 g/mol. The second-order valence-electron chi connectivity index (χ2n) is 4.52. The maximum atomic E-state index is 12.1. The van der Waals surface area contributed by atoms with Crippen LogP contribution in [0.15, 0.2) is 28.7 Å². The number of piperazine rings is 1. The Morgan fingerprint density at radius 1 is 1.55 bits per heavy atom. The Morgan fingerprint density at radius 2 is 2.35 bits per heavy atom. The first-order valence-corrected chi connectivity index (χ1v) is 7.34. The van der Waals surface area contributed by atoms with E-state index in [-0.39, 0.29) is 18.4 Å². The molecule has 1 fully saturated rings. The normalized spacial score (nSPS) is 19.5. The summed E-state index contributed by atoms with van der Waals surface area (Å²) >= 11 is 3.40. The maximum Gasteiger partial charge on any atom is 0.320 e. The van der Waals surface area contributed by atoms with E-state index in [9.17, 15) is 9.59 Å². The van der Waals surface area contributed by atoms with Gasteiger partial charge >= 0.3 is 5.97 Å². The third-order valence-corrected chi connectivity index (χ3v) is 3.61. The van der Waals surface area contributed by atoms with Crippen molar-refractivity contribution in [1.29, 1.82) is 0 Å². The van der Waals surface area contributed by atoms with Crippen molar-refractivity contribution in [3.63, 3.8) is 0 Å². The smallest absolute Gasteiger partial charge is 0.320 e. The van der Waals surface area contributed by atoms with E-state index < -0.39 is 6.04 Å². The molecule has 1 aliphatic heterocycles. The van der Waals surface area contributed by atoms with Crippen LogP contribution in [0.5, 0.6) is 0 Å². The van der Waals surface area contributed by atoms with Gasteiger partial charge in [0.1, 0.15) is 6.04 Å². The summed E-state index contributed by atoms with van der Waals surface area (Å²) in [6, 6.07) is 7.11. The van der Waals surface area contributed by atoms with E-state index in [2.05, 4.69) is 21.2 Å². The molecule has 0 spiro atoms. The first kappa shape index (κ1) is 15.0. The van der Waals surface area contributed by atoms with E-state index in [1.807, 2.05) is 29.2 Å². The van der Waals surface area contributed by atoms with E-state index in [1.165, 1.54) is 0 Å². The van der Waals surface area contributed by atoms with Gasteiger partial charge in [0, 0.05) is 17.6 Å². The largest absolute Gasteiger partial charge is 0.465 e. The Labute approximate surface area is 126 Å². The van der Waals surface area contributed by atoms with Crippen LogP contribution >= 0.6 is 15.9 Å². The minimum absolute atomic E-state index is 0.0846. The minimum Gasteiger partial charge on any atom is -0.465 e. The Hall–Kier alpha value is -1.40. The number of amides is 1. The topological polar surface area (TPSA) is 58.6 Å². The zero-order valence-corrected chi connectivity index (χ0v) is 12.9. The molecule has 1 atom stereocenters. The molecule has 0 aliphatic carbocycles. The van der Waals surface area contributed by atoms with Gasteiger partial charge in [-0.1, -0.05) is 28.1 Å². The van der Waals surface area contributed by atoms with Gasteiger partial charge in [0.15, 0.2) is 0 Å². The highest BCUT2D eigenvalue weighted by Gasteiger charge is 2.32. The molecule has 1 aromatic carbocycles. The summed E-state index contributed by atoms with van der Waals surface area (Å²) in [5, 5.41) is 2.84. The van der Waals surface area contributed by atoms with Crippen molar-refractivity contribution < 1.29 is 14.3 Å². The third kappa shape index (κ3) is 3.58. The fourth-order valence-electron chi connectivity index (χ4n) is 2.30. The Bertz CT molecular complexity index is 507. The van der Waals surface area contributed by atoms with E-state index in [0.29, 0.717) is 19.7 Å². The number of carbonyl (C=O) groups excluding carboxylic acids is 2. The number of hydrogen-bond donors (Lipinski definition) is 1. The molecule has 1 unspecified atom stereocenters. The fraction of sp³-hybridized carbons (Fsp3) is 0.429. The van der Waals surface area contributed by atoms with Gasteiger partial charge in [-0.2, -0.15) is 0 Å². The summed E-state index contributed by atoms with van der Waals surface area (Å²) in [7, 11) is 0. The summed E-state index contributed by atoms with van der Waals surface area (Å²) in [5.41, 5.74) is 0.862. The molecule has 1 aromatic rings. The van der Waals surface area contributed by atoms with Crippen molar-refractivity contribution in [1.82, 2.24) is 10.2 Å². The molecule has 2 rings (SSSR count). The average Bonchev–Trinajstić information content (AvgIpc) is 2.39. The van der Waals surface area contributed by atoms with Crippen LogP contribution in [0.25, 0.3) is 0 Å². The van der Waals surface area contributed by atoms with Crippen LogP contribution in [0, 0.1) is 0 Å². The molecule has 1 N–H and O–H groups in total. The second-order valence-corrected chi connectivity index (χ2v) is 5.44. The van der Waals surface area contributed by atoms with Gasteiger partial charge in [-0.3, -0.25) is 14.5 Å². The summed E-state index contributed by atoms with van der Waals surface area (Å²) < 4.78 is 5.87. The van der Waals surface area contributed by atoms with Crippen molar-refractivity contribution in [3.05, 3.63) is 34.3 Å². The van der Waals surface area contributed by atoms with Crippen LogP contribution in [0.3, 0.4) is 0 Å². The summed E-state index contributed by atoms with van der Waals surface area (Å²) in [6.45, 7) is 3.41. The standard InChI is InChI=1S/C14H17BrN2O3/c1-2-20-12(18)9-17-7-6-16-14(19)13(17)10-4-3-5-11(15)8-10/h3-5,8,13H,2,6-7,9H2,1H3,(H,16,19). The van der Waals surface area contributed by atoms with Gasteiger partial charge in [-0.15, -0.1) is 0 Å². The number of benzene rings is 1. The molecule has 0 bridgehead atoms. The third-order valence-electron chi connectivity index (χ3n) is 3.11. The van der Waals surface area contributed by atoms with Gasteiger partial charge in [0.05, 0.1) is 13.2 Å². The molecule has 20 heavy (non-hydrogen) atoms. The van der Waals surface area contributed by atoms with Gasteiger partial charge in [0.25, 0.3) is 0 Å². The number of halogens is 1. The number of nitrogens with one attached hydrogen (secondary N) is 1. The molecule has 1 aliphatic rings. The lowest BCUT2D eigenvalue weighted by molar-refractivity contribution is -0.146. The fourth-order valence-corrected chi connectivity index (χ4v) is 2.71. The van der Waals surface area contributed by atoms with Crippen molar-refractivity contribution in [2.24, 2.45) is 0 Å². The molecule has 1 saturated heterocycles. The molecule has 0 radical (unpaired) electrons. The monoisotopic (exact) mass is 340 g/mol. The number of carbonyl (C=O) groups is 2. The zero-order valence-electron chi connectivity index (χ0n) is 11.3. The predicted molar refractivity (Wildman–Crippen MR) is 78.1 cm³/mol. The van der Waals surface area contributed by atoms with E-state index in [1.54, 1.807) is 6.92 Å². The Balaban J connectivity index is 2.20. The Kier molecular flexibility index (Phi) is 5.14. The van der Waals surface area contributed by atoms with E-state index >= 15 is 0 Å². The molecule has 0 aromatic heterocycles. The van der Waals surface area contributed by atoms with Crippen LogP contribution in [0.4, 0.5) is 0 Å². The van der Waals surface area contributed by atoms with Gasteiger partial charge < -0.3 is 10.1 Å². The highest BCUT2D eigenvalue weighted by atomic mass is 79.9. The predicted octanol–water partition coefficient (Wildman–Crippen LogP) is 1.49. The number of ether oxygens (including phenoxy) is 1. The summed E-state index contributed by atoms with van der Waals surface area (Å²) in [4.78, 5) is 25.6. The van der Waals surface area contributed by atoms with Gasteiger partial charge in [-0.25, -0.2) is 0 Å². The van der Waals surface area contributed by atoms with Crippen molar-refractivity contribution in [3.8, 4) is 0 Å². The van der Waals surface area contributed by atoms with Crippen molar-refractivity contribution in [2.75, 3.05) is 26.2 Å². The van der Waals surface area contributed by atoms with Gasteiger partial charge in [-0.05, 0) is 24.6 Å². The minimum atomic E-state index is -0.453. The molecular formula is C14H17BrN2O3. The van der Waals surface area contributed by atoms with Crippen LogP contribution in [0.1, 0.15) is 18.5 Å². The van der Waals surface area contributed by atoms with E-state index in [4.69, 9.17) is 4.74 Å². The lowest BCUT2D eigenvalue weighted by atomic mass is 10.0. The van der Waals surface area contributed by atoms with Crippen molar-refractivity contribution >= 4 is 27.8 Å². The molecule has 0 saturated carbocycles. The first-order chi connectivity index (χ1) is 9.61. The zero-order chi connectivity index (χ0) is 14.5. The van der Waals surface area contributed by atoms with Crippen LogP contribution in [-0.2, 0) is 14.3 Å². The Morgan fingerprint density at radius 3 is 3.05 bits per heavy atom. The highest BCUT2D eigenvalue weighted by molar-refractivity contribution is 9.10. The lowest BCUT2D eigenvalue weighted by Gasteiger charge is -2.34. The summed E-state index contributed by atoms with van der Waals surface area (Å²) in [6.07, 6.45) is 0. The van der Waals surface area contributed by atoms with Crippen LogP contribution in [-0.4, -0.2) is 43.0 Å². The van der Waals surface area contributed by atoms with Crippen LogP contribution in [0.2, 0.25) is 0 Å². The number of esters is 1. The number of nitrogens with zero attached hydrogens (tertiary/aromatic N) is 1. The van der Waals surface area contributed by atoms with Crippen LogP contribution < -0.4 is 5.32 Å². The van der Waals surface area contributed by atoms with E-state index in [0.717, 1.165) is 10.0 Å². The number of rotatable bonds is 4. The lowest BCUT2D eigenvalue weighted by Crippen LogP contribution is -2.51. The maximum absolute atomic E-state index is 12.1. The SMILES string of the molecule is CCOC(=O)CN1CCNC(=O)C1c1cccc(Br)c1. The van der Waals surface area contributed by atoms with Crippen molar-refractivity contribution in [2.45, 2.75) is 13.0 Å². The highest BCUT2D eigenvalue weighted by Crippen LogP contribution is 2.25. The second kappa shape index (κ2) is 6.85.